The monoisotopic (exact) mass is 297 g/mol. The second kappa shape index (κ2) is 6.46. The zero-order valence-corrected chi connectivity index (χ0v) is 12.4. The van der Waals surface area contributed by atoms with E-state index in [-0.39, 0.29) is 24.0 Å². The number of nitrogens with zero attached hydrogens (tertiary/aromatic N) is 3. The molecule has 0 aliphatic rings. The first-order valence-electron chi connectivity index (χ1n) is 5.49. The highest BCUT2D eigenvalue weighted by atomic mass is 35.5. The van der Waals surface area contributed by atoms with Crippen LogP contribution in [0.5, 0.6) is 0 Å². The summed E-state index contributed by atoms with van der Waals surface area (Å²) in [4.78, 5) is 0. The van der Waals surface area contributed by atoms with Crippen molar-refractivity contribution in [1.29, 1.82) is 0 Å². The summed E-state index contributed by atoms with van der Waals surface area (Å²) < 4.78 is 28.1. The Labute approximate surface area is 114 Å². The highest BCUT2D eigenvalue weighted by Crippen LogP contribution is 2.17. The van der Waals surface area contributed by atoms with E-state index in [2.05, 4.69) is 15.0 Å². The summed E-state index contributed by atoms with van der Waals surface area (Å²) in [6.45, 7) is 4.06. The molecule has 18 heavy (non-hydrogen) atoms. The predicted octanol–water partition coefficient (Wildman–Crippen LogP) is 0.0327. The summed E-state index contributed by atoms with van der Waals surface area (Å²) in [5.41, 5.74) is 5.05. The Bertz CT molecular complexity index is 461. The highest BCUT2D eigenvalue weighted by Gasteiger charge is 2.32. The Morgan fingerprint density at radius 2 is 2.00 bits per heavy atom. The molecule has 1 heterocycles. The number of rotatable bonds is 6. The van der Waals surface area contributed by atoms with Crippen molar-refractivity contribution in [2.75, 3.05) is 6.54 Å². The van der Waals surface area contributed by atoms with Crippen LogP contribution in [-0.2, 0) is 17.1 Å². The van der Waals surface area contributed by atoms with Crippen LogP contribution in [0.2, 0.25) is 0 Å². The average molecular weight is 298 g/mol. The number of aromatic nitrogens is 3. The van der Waals surface area contributed by atoms with Crippen molar-refractivity contribution in [3.63, 3.8) is 0 Å². The van der Waals surface area contributed by atoms with Crippen molar-refractivity contribution in [2.45, 2.75) is 37.3 Å². The molecule has 1 aromatic rings. The Balaban J connectivity index is 0.00000289. The van der Waals surface area contributed by atoms with Crippen molar-refractivity contribution in [3.8, 4) is 0 Å². The lowest BCUT2D eigenvalue weighted by Crippen LogP contribution is -2.52. The smallest absolute Gasteiger partial charge is 0.259 e. The van der Waals surface area contributed by atoms with E-state index in [4.69, 9.17) is 5.73 Å². The lowest BCUT2D eigenvalue weighted by atomic mass is 9.95. The highest BCUT2D eigenvalue weighted by molar-refractivity contribution is 7.89. The second-order valence-electron chi connectivity index (χ2n) is 3.99. The molecule has 106 valence electrons. The third kappa shape index (κ3) is 3.41. The Morgan fingerprint density at radius 1 is 1.44 bits per heavy atom. The van der Waals surface area contributed by atoms with Crippen LogP contribution in [-0.4, -0.2) is 35.5 Å². The maximum atomic E-state index is 12.1. The van der Waals surface area contributed by atoms with E-state index >= 15 is 0 Å². The third-order valence-corrected chi connectivity index (χ3v) is 4.67. The third-order valence-electron chi connectivity index (χ3n) is 3.04. The molecule has 0 bridgehead atoms. The van der Waals surface area contributed by atoms with E-state index in [0.29, 0.717) is 12.8 Å². The van der Waals surface area contributed by atoms with Crippen LogP contribution in [0.3, 0.4) is 0 Å². The maximum Gasteiger partial charge on any atom is 0.259 e. The van der Waals surface area contributed by atoms with Crippen LogP contribution in [0.15, 0.2) is 11.2 Å². The minimum atomic E-state index is -3.63. The fourth-order valence-electron chi connectivity index (χ4n) is 1.59. The average Bonchev–Trinajstić information content (AvgIpc) is 2.73. The largest absolute Gasteiger partial charge is 0.329 e. The molecule has 1 rings (SSSR count). The number of aryl methyl sites for hydroxylation is 1. The van der Waals surface area contributed by atoms with Gasteiger partial charge >= 0.3 is 0 Å². The number of halogens is 1. The van der Waals surface area contributed by atoms with Crippen molar-refractivity contribution in [3.05, 3.63) is 6.20 Å². The molecule has 0 aliphatic heterocycles. The van der Waals surface area contributed by atoms with Gasteiger partial charge in [-0.25, -0.2) is 17.8 Å². The van der Waals surface area contributed by atoms with Gasteiger partial charge in [0.25, 0.3) is 10.0 Å². The van der Waals surface area contributed by atoms with Crippen LogP contribution in [0.4, 0.5) is 0 Å². The number of hydrogen-bond acceptors (Lipinski definition) is 5. The molecular formula is C9H20ClN5O2S. The van der Waals surface area contributed by atoms with Crippen molar-refractivity contribution in [1.82, 2.24) is 19.7 Å². The molecule has 7 nitrogen and oxygen atoms in total. The van der Waals surface area contributed by atoms with Gasteiger partial charge in [-0.2, -0.15) is 0 Å². The molecule has 0 atom stereocenters. The Hall–Kier alpha value is -0.700. The molecule has 0 fully saturated rings. The van der Waals surface area contributed by atoms with Gasteiger partial charge in [-0.1, -0.05) is 19.1 Å². The van der Waals surface area contributed by atoms with Gasteiger partial charge < -0.3 is 5.73 Å². The lowest BCUT2D eigenvalue weighted by molar-refractivity contribution is 0.362. The first kappa shape index (κ1) is 17.3. The standard InChI is InChI=1S/C9H19N5O2S.ClH/c1-4-9(5-2,7-10)12-17(15,16)8-6-11-13-14(8)3;/h6,12H,4-5,7,10H2,1-3H3;1H. The maximum absolute atomic E-state index is 12.1. The van der Waals surface area contributed by atoms with E-state index in [1.165, 1.54) is 17.9 Å². The molecule has 0 unspecified atom stereocenters. The van der Waals surface area contributed by atoms with Gasteiger partial charge in [0, 0.05) is 19.1 Å². The van der Waals surface area contributed by atoms with Crippen molar-refractivity contribution in [2.24, 2.45) is 12.8 Å². The summed E-state index contributed by atoms with van der Waals surface area (Å²) >= 11 is 0. The number of nitrogens with one attached hydrogen (secondary N) is 1. The quantitative estimate of drug-likeness (QED) is 0.771. The number of nitrogens with two attached hydrogens (primary N) is 1. The summed E-state index contributed by atoms with van der Waals surface area (Å²) in [6.07, 6.45) is 2.48. The van der Waals surface area contributed by atoms with Gasteiger partial charge in [0.2, 0.25) is 0 Å². The summed E-state index contributed by atoms with van der Waals surface area (Å²) in [5.74, 6) is 0. The summed E-state index contributed by atoms with van der Waals surface area (Å²) in [5, 5.41) is 7.20. The van der Waals surface area contributed by atoms with Crippen LogP contribution in [0.1, 0.15) is 26.7 Å². The van der Waals surface area contributed by atoms with E-state index in [1.54, 1.807) is 0 Å². The van der Waals surface area contributed by atoms with E-state index in [0.717, 1.165) is 0 Å². The molecule has 0 saturated carbocycles. The fraction of sp³-hybridized carbons (Fsp3) is 0.778. The van der Waals surface area contributed by atoms with Crippen LogP contribution >= 0.6 is 12.4 Å². The fourth-order valence-corrected chi connectivity index (χ4v) is 3.20. The Kier molecular flexibility index (Phi) is 6.21. The van der Waals surface area contributed by atoms with Crippen LogP contribution < -0.4 is 10.5 Å². The van der Waals surface area contributed by atoms with Crippen molar-refractivity contribution < 1.29 is 8.42 Å². The minimum Gasteiger partial charge on any atom is -0.329 e. The molecular weight excluding hydrogens is 278 g/mol. The van der Waals surface area contributed by atoms with Gasteiger partial charge in [-0.15, -0.1) is 17.5 Å². The van der Waals surface area contributed by atoms with Gasteiger partial charge in [0.05, 0.1) is 6.20 Å². The molecule has 0 radical (unpaired) electrons. The molecule has 1 aromatic heterocycles. The van der Waals surface area contributed by atoms with Crippen molar-refractivity contribution >= 4 is 22.4 Å². The topological polar surface area (TPSA) is 103 Å². The van der Waals surface area contributed by atoms with Crippen LogP contribution in [0, 0.1) is 0 Å². The first-order valence-corrected chi connectivity index (χ1v) is 6.98. The lowest BCUT2D eigenvalue weighted by Gasteiger charge is -2.30. The van der Waals surface area contributed by atoms with E-state index < -0.39 is 15.6 Å². The van der Waals surface area contributed by atoms with Gasteiger partial charge in [0.1, 0.15) is 0 Å². The summed E-state index contributed by atoms with van der Waals surface area (Å²) in [7, 11) is -2.10. The normalized spacial score (nSPS) is 12.2. The predicted molar refractivity (Wildman–Crippen MR) is 70.9 cm³/mol. The van der Waals surface area contributed by atoms with Gasteiger partial charge in [-0.3, -0.25) is 0 Å². The van der Waals surface area contributed by atoms with Gasteiger partial charge in [0.15, 0.2) is 5.03 Å². The van der Waals surface area contributed by atoms with E-state index in [9.17, 15) is 8.42 Å². The SMILES string of the molecule is CCC(CC)(CN)NS(=O)(=O)c1cnnn1C.Cl. The van der Waals surface area contributed by atoms with Crippen LogP contribution in [0.25, 0.3) is 0 Å². The Morgan fingerprint density at radius 3 is 2.33 bits per heavy atom. The molecule has 0 spiro atoms. The first-order chi connectivity index (χ1) is 7.90. The zero-order valence-electron chi connectivity index (χ0n) is 10.8. The molecule has 3 N–H and O–H groups in total. The molecule has 0 amide bonds. The molecule has 0 saturated heterocycles. The number of hydrogen-bond donors (Lipinski definition) is 2. The van der Waals surface area contributed by atoms with Gasteiger partial charge in [-0.05, 0) is 12.8 Å². The second-order valence-corrected chi connectivity index (χ2v) is 5.62. The van der Waals surface area contributed by atoms with E-state index in [1.807, 2.05) is 13.8 Å². The minimum absolute atomic E-state index is 0. The number of sulfonamides is 1. The zero-order chi connectivity index (χ0) is 13.1. The molecule has 9 heteroatoms. The molecule has 0 aromatic carbocycles. The molecule has 0 aliphatic carbocycles. The summed E-state index contributed by atoms with van der Waals surface area (Å²) in [6, 6.07) is 0.